The number of guanidine groups is 1. The van der Waals surface area contributed by atoms with Crippen molar-refractivity contribution in [3.8, 4) is 0 Å². The molecule has 129 heavy (non-hydrogen) atoms. The van der Waals surface area contributed by atoms with Crippen molar-refractivity contribution >= 4 is 140 Å². The van der Waals surface area contributed by atoms with Crippen LogP contribution in [0, 0.1) is 11.3 Å². The highest BCUT2D eigenvalue weighted by molar-refractivity contribution is 8.00. The van der Waals surface area contributed by atoms with Gasteiger partial charge in [0.25, 0.3) is 0 Å². The molecule has 4 heterocycles. The zero-order valence-corrected chi connectivity index (χ0v) is 75.4. The lowest BCUT2D eigenvalue weighted by molar-refractivity contribution is -0.149. The number of primary amides is 2. The Morgan fingerprint density at radius 1 is 0.527 bits per heavy atom. The molecule has 41 nitrogen and oxygen atoms in total. The van der Waals surface area contributed by atoms with Crippen LogP contribution < -0.4 is 81.4 Å². The number of aromatic amines is 2. The number of nitrogens with one attached hydrogen (secondary N) is 14. The van der Waals surface area contributed by atoms with E-state index < -0.39 is 223 Å². The molecule has 2 fully saturated rings. The Balaban J connectivity index is 1.29. The van der Waals surface area contributed by atoms with E-state index in [2.05, 4.69) is 68.5 Å². The highest BCUT2D eigenvalue weighted by Gasteiger charge is 2.44. The average molecular weight is 1820 g/mol. The topological polar surface area (TPSA) is 618 Å². The minimum Gasteiger partial charge on any atom is -0.394 e. The molecule has 704 valence electrons. The van der Waals surface area contributed by atoms with E-state index in [1.807, 2.05) is 13.8 Å². The van der Waals surface area contributed by atoms with Gasteiger partial charge in [0.2, 0.25) is 100 Å². The number of fused-ring (bicyclic) bond motifs is 3. The number of unbranched alkanes of at least 4 members (excludes halogenated alkanes) is 2. The zero-order chi connectivity index (χ0) is 94.9. The minimum atomic E-state index is -1.84. The first-order valence-corrected chi connectivity index (χ1v) is 44.6. The Labute approximate surface area is 753 Å². The van der Waals surface area contributed by atoms with E-state index in [1.54, 1.807) is 105 Å². The fourth-order valence-corrected chi connectivity index (χ4v) is 16.3. The molecule has 42 heteroatoms. The Morgan fingerprint density at radius 3 is 1.64 bits per heavy atom. The van der Waals surface area contributed by atoms with Crippen LogP contribution in [0.3, 0.4) is 0 Å². The van der Waals surface area contributed by atoms with Gasteiger partial charge in [0, 0.05) is 100 Å². The molecule has 23 N–H and O–H groups in total. The molecule has 0 radical (unpaired) electrons. The third kappa shape index (κ3) is 30.5. The van der Waals surface area contributed by atoms with E-state index in [0.717, 1.165) is 36.3 Å². The number of aromatic nitrogens is 2. The molecule has 5 aromatic rings. The quantitative estimate of drug-likeness (QED) is 0.0152. The molecule has 0 spiro atoms. The Kier molecular flexibility index (Phi) is 40.6. The molecule has 13 atom stereocenters. The summed E-state index contributed by atoms with van der Waals surface area (Å²) < 4.78 is 0. The summed E-state index contributed by atoms with van der Waals surface area (Å²) in [6.07, 6.45) is 3.40. The summed E-state index contributed by atoms with van der Waals surface area (Å²) in [7, 11) is 5.24. The molecule has 2 aromatic heterocycles. The number of nitrogens with zero attached hydrogens (tertiary/aromatic N) is 5. The van der Waals surface area contributed by atoms with Gasteiger partial charge in [-0.3, -0.25) is 86.9 Å². The van der Waals surface area contributed by atoms with Crippen LogP contribution in [0.25, 0.3) is 21.8 Å². The number of aliphatic hydroxyl groups is 1. The van der Waals surface area contributed by atoms with Gasteiger partial charge in [0.05, 0.1) is 31.9 Å². The van der Waals surface area contributed by atoms with Gasteiger partial charge in [-0.2, -0.15) is 0 Å². The van der Waals surface area contributed by atoms with Crippen LogP contribution >= 0.6 is 11.8 Å². The lowest BCUT2D eigenvalue weighted by Gasteiger charge is -2.36. The van der Waals surface area contributed by atoms with E-state index in [-0.39, 0.29) is 96.2 Å². The van der Waals surface area contributed by atoms with E-state index in [4.69, 9.17) is 28.3 Å². The first-order chi connectivity index (χ1) is 61.4. The number of hydrogen-bond donors (Lipinski definition) is 19. The highest BCUT2D eigenvalue weighted by atomic mass is 32.2. The predicted octanol–water partition coefficient (Wildman–Crippen LogP) is -2.75. The van der Waals surface area contributed by atoms with Crippen LogP contribution in [0.1, 0.15) is 135 Å². The van der Waals surface area contributed by atoms with E-state index in [9.17, 15) is 62.6 Å². The molecular formula is C87H127N23O18S. The van der Waals surface area contributed by atoms with Gasteiger partial charge < -0.3 is 121 Å². The van der Waals surface area contributed by atoms with Crippen molar-refractivity contribution in [3.05, 3.63) is 108 Å². The van der Waals surface area contributed by atoms with Crippen molar-refractivity contribution < 1.29 is 86.6 Å². The molecule has 2 aliphatic heterocycles. The molecule has 2 aliphatic rings. The van der Waals surface area contributed by atoms with Crippen LogP contribution in [0.15, 0.2) is 91.3 Å². The predicted molar refractivity (Wildman–Crippen MR) is 481 cm³/mol. The summed E-state index contributed by atoms with van der Waals surface area (Å²) in [5.74, 6) is -17.0. The van der Waals surface area contributed by atoms with E-state index in [0.29, 0.717) is 64.2 Å². The summed E-state index contributed by atoms with van der Waals surface area (Å²) >= 11 is 0.795. The van der Waals surface area contributed by atoms with Gasteiger partial charge in [-0.25, -0.2) is 0 Å². The molecule has 0 bridgehead atoms. The lowest BCUT2D eigenvalue weighted by atomic mass is 10.00. The van der Waals surface area contributed by atoms with Crippen molar-refractivity contribution in [3.63, 3.8) is 0 Å². The lowest BCUT2D eigenvalue weighted by Crippen LogP contribution is -2.61. The van der Waals surface area contributed by atoms with Crippen molar-refractivity contribution in [2.45, 2.75) is 216 Å². The second kappa shape index (κ2) is 50.7. The van der Waals surface area contributed by atoms with Crippen molar-refractivity contribution in [2.75, 3.05) is 79.0 Å². The molecule has 7 rings (SSSR count). The molecule has 2 saturated heterocycles. The van der Waals surface area contributed by atoms with Crippen LogP contribution in [0.5, 0.6) is 0 Å². The SMILES string of the molecule is CCCC[C@H]1C(=O)N(C)[C@@H](CCCC)C(=O)N[C@@H](CCCNC(=N)N)C(=O)N[C@H](C(=O)NCC(N)=O)CSCC(=O)N[C@@H](Cc2ccccc2)C(=O)N(C)[C@@H](C)C(=O)N[C@@H](CC(N)=O)C(=O)N2CCC[C@H]2C(=O)N[C@@H](CCN)C(=O)N[C@@H](CC(C)C)C(=O)N(C)CC(=O)N[C@@H](Cc2c[nH]c3ccccc23)C(=O)N[C@@H](CO)C(=O)N[C@@H](Cc2c[nH]c3ccccc23)C(=O)N1C. The fraction of sp³-hybridized carbons (Fsp3) is 0.540. The van der Waals surface area contributed by atoms with E-state index >= 15 is 24.0 Å². The van der Waals surface area contributed by atoms with Crippen LogP contribution in [0.2, 0.25) is 0 Å². The normalized spacial score (nSPS) is 23.8. The van der Waals surface area contributed by atoms with E-state index in [1.165, 1.54) is 35.1 Å². The Bertz CT molecular complexity index is 4780. The number of benzene rings is 3. The first kappa shape index (κ1) is 103. The smallest absolute Gasteiger partial charge is 0.246 e. The number of amides is 17. The number of rotatable bonds is 26. The summed E-state index contributed by atoms with van der Waals surface area (Å²) in [5, 5.41) is 49.2. The third-order valence-electron chi connectivity index (χ3n) is 22.6. The average Bonchev–Trinajstić information content (AvgIpc) is 1.79. The van der Waals surface area contributed by atoms with Crippen molar-refractivity contribution in [2.24, 2.45) is 28.9 Å². The second-order valence-electron chi connectivity index (χ2n) is 33.0. The van der Waals surface area contributed by atoms with Crippen LogP contribution in [-0.4, -0.2) is 304 Å². The number of aliphatic hydroxyl groups excluding tert-OH is 1. The molecule has 0 saturated carbocycles. The maximum atomic E-state index is 15.7. The number of H-pyrrole nitrogens is 2. The summed E-state index contributed by atoms with van der Waals surface area (Å²) in [4.78, 5) is 259. The molecule has 0 unspecified atom stereocenters. The molecule has 0 aliphatic carbocycles. The Morgan fingerprint density at radius 2 is 1.05 bits per heavy atom. The zero-order valence-electron chi connectivity index (χ0n) is 74.6. The number of carbonyl (C=O) groups is 17. The van der Waals surface area contributed by atoms with Gasteiger partial charge in [0.15, 0.2) is 5.96 Å². The number of nitrogens with two attached hydrogens (primary N) is 4. The number of thioether (sulfide) groups is 1. The summed E-state index contributed by atoms with van der Waals surface area (Å²) in [6, 6.07) is 3.05. The van der Waals surface area contributed by atoms with Crippen molar-refractivity contribution in [1.82, 2.24) is 93.0 Å². The maximum Gasteiger partial charge on any atom is 0.246 e. The standard InChI is InChI=1S/C87H127N23O18S/c1-10-12-30-67-80(122)99-58(29-21-35-93-87(91)92)76(118)105-66(75(117)96-44-71(90)113)47-129-48-73(115)98-62(38-51-23-15-14-16-24-51)83(125)107(7)50(5)74(116)101-64(41-70(89)112)85(127)110-36-22-32-68(110)81(123)100-59(33-34-88)77(119)102-61(37-49(3)4)82(124)106(6)45-72(114)97-60(39-52-42-94-56-27-19-17-25-54(52)56)78(120)104-65(46-111)79(121)103-63(40-53-43-95-57-28-20-18-26-55(53)57)84(126)109(9)69(31-13-11-2)86(128)108(67)8/h14-20,23-28,42-43,49-50,58-69,94-95,111H,10-13,21-22,29-41,44-48,88H2,1-9H3,(H2,89,112)(H2,90,113)(H,96,117)(H,97,114)(H,98,115)(H,99,122)(H,100,123)(H,101,116)(H,102,119)(H,103,121)(H,104,120)(H,105,118)(H4,91,92,93)/t50-,58-,59-,60-,61-,62-,63-,64-,65-,66-,67-,68-,69-/m0/s1. The molecule has 17 amide bonds. The fourth-order valence-electron chi connectivity index (χ4n) is 15.4. The Hall–Kier alpha value is -12.7. The van der Waals surface area contributed by atoms with Gasteiger partial charge in [-0.15, -0.1) is 11.8 Å². The van der Waals surface area contributed by atoms with Gasteiger partial charge in [-0.05, 0) is 99.6 Å². The highest BCUT2D eigenvalue weighted by Crippen LogP contribution is 2.26. The number of likely N-dealkylation sites (N-methyl/N-ethyl adjacent to an activating group) is 4. The monoisotopic (exact) mass is 1810 g/mol. The van der Waals surface area contributed by atoms with Gasteiger partial charge in [0.1, 0.15) is 78.5 Å². The third-order valence-corrected chi connectivity index (χ3v) is 23.7. The maximum absolute atomic E-state index is 15.7. The van der Waals surface area contributed by atoms with Gasteiger partial charge in [-0.1, -0.05) is 120 Å². The summed E-state index contributed by atoms with van der Waals surface area (Å²) in [6.45, 7) is 5.76. The van der Waals surface area contributed by atoms with Gasteiger partial charge >= 0.3 is 0 Å². The van der Waals surface area contributed by atoms with Crippen LogP contribution in [-0.2, 0) is 101 Å². The molecular weight excluding hydrogens is 1690 g/mol. The molecule has 3 aromatic carbocycles. The second-order valence-corrected chi connectivity index (χ2v) is 34.0. The summed E-state index contributed by atoms with van der Waals surface area (Å²) in [5.41, 5.74) is 25.7. The minimum absolute atomic E-state index is 0.00147. The van der Waals surface area contributed by atoms with Crippen molar-refractivity contribution in [1.29, 1.82) is 5.41 Å². The van der Waals surface area contributed by atoms with Crippen LogP contribution in [0.4, 0.5) is 0 Å². The number of para-hydroxylation sites is 2. The first-order valence-electron chi connectivity index (χ1n) is 43.4. The number of hydrogen-bond acceptors (Lipinski definition) is 21. The number of carbonyl (C=O) groups excluding carboxylic acids is 17. The largest absolute Gasteiger partial charge is 0.394 e.